The Hall–Kier alpha value is -3.39. The van der Waals surface area contributed by atoms with Crippen LogP contribution >= 0.6 is 11.3 Å². The van der Waals surface area contributed by atoms with E-state index < -0.39 is 11.6 Å². The van der Waals surface area contributed by atoms with Crippen molar-refractivity contribution in [3.63, 3.8) is 0 Å². The first kappa shape index (κ1) is 20.9. The summed E-state index contributed by atoms with van der Waals surface area (Å²) in [7, 11) is 0. The lowest BCUT2D eigenvalue weighted by atomic mass is 10.1. The van der Waals surface area contributed by atoms with Crippen LogP contribution < -0.4 is 4.90 Å². The highest BCUT2D eigenvalue weighted by Crippen LogP contribution is 2.25. The third kappa shape index (κ3) is 4.11. The second-order valence-corrected chi connectivity index (χ2v) is 7.99. The Bertz CT molecular complexity index is 1110. The van der Waals surface area contributed by atoms with Crippen molar-refractivity contribution in [2.24, 2.45) is 0 Å². The maximum absolute atomic E-state index is 14.4. The number of imide groups is 1. The van der Waals surface area contributed by atoms with Gasteiger partial charge in [0.05, 0.1) is 21.7 Å². The predicted octanol–water partition coefficient (Wildman–Crippen LogP) is 4.75. The van der Waals surface area contributed by atoms with Crippen LogP contribution in [0.2, 0.25) is 0 Å². The number of anilines is 1. The van der Waals surface area contributed by atoms with E-state index in [2.05, 4.69) is 0 Å². The minimum absolute atomic E-state index is 0.0134. The fraction of sp³-hybridized carbons (Fsp3) is 0.174. The summed E-state index contributed by atoms with van der Waals surface area (Å²) in [5, 5.41) is 1.74. The third-order valence-corrected chi connectivity index (χ3v) is 5.93. The van der Waals surface area contributed by atoms with Crippen molar-refractivity contribution in [2.45, 2.75) is 12.8 Å². The average molecular weight is 440 g/mol. The summed E-state index contributed by atoms with van der Waals surface area (Å²) in [6.45, 7) is 0.349. The number of unbranched alkanes of at least 4 members (excludes halogenated alkanes) is 1. The van der Waals surface area contributed by atoms with Gasteiger partial charge in [-0.25, -0.2) is 8.78 Å². The summed E-state index contributed by atoms with van der Waals surface area (Å²) < 4.78 is 27.7. The van der Waals surface area contributed by atoms with E-state index in [9.17, 15) is 23.2 Å². The molecular formula is C23H18F2N2O3S. The number of thiophene rings is 1. The molecule has 1 aliphatic rings. The Labute approximate surface area is 181 Å². The average Bonchev–Trinajstić information content (AvgIpc) is 3.38. The SMILES string of the molecule is O=C1c2ccccc2C(=O)N1CCCCN(C(=O)c1cccs1)c1ccc(F)cc1F. The van der Waals surface area contributed by atoms with Gasteiger partial charge in [0.1, 0.15) is 11.6 Å². The van der Waals surface area contributed by atoms with Crippen LogP contribution in [0.4, 0.5) is 14.5 Å². The molecule has 0 aliphatic carbocycles. The number of fused-ring (bicyclic) bond motifs is 1. The molecule has 0 atom stereocenters. The molecule has 0 saturated heterocycles. The summed E-state index contributed by atoms with van der Waals surface area (Å²) in [6.07, 6.45) is 0.851. The standard InChI is InChI=1S/C23H18F2N2O3S/c24-15-9-10-19(18(25)14-15)26(23(30)20-8-5-13-31-20)11-3-4-12-27-21(28)16-6-1-2-7-17(16)22(27)29/h1-2,5-10,13-14H,3-4,11-12H2. The number of carbonyl (C=O) groups is 3. The lowest BCUT2D eigenvalue weighted by Crippen LogP contribution is -2.34. The van der Waals surface area contributed by atoms with Crippen LogP contribution in [0.25, 0.3) is 0 Å². The van der Waals surface area contributed by atoms with Gasteiger partial charge in [-0.15, -0.1) is 11.3 Å². The fourth-order valence-corrected chi connectivity index (χ4v) is 4.22. The van der Waals surface area contributed by atoms with Crippen molar-refractivity contribution in [1.29, 1.82) is 0 Å². The summed E-state index contributed by atoms with van der Waals surface area (Å²) >= 11 is 1.23. The molecule has 0 N–H and O–H groups in total. The van der Waals surface area contributed by atoms with Crippen LogP contribution in [-0.2, 0) is 0 Å². The summed E-state index contributed by atoms with van der Waals surface area (Å²) in [5.74, 6) is -2.62. The molecule has 0 saturated carbocycles. The second kappa shape index (κ2) is 8.77. The zero-order valence-corrected chi connectivity index (χ0v) is 17.2. The molecule has 1 aliphatic heterocycles. The Morgan fingerprint density at radius 1 is 0.935 bits per heavy atom. The number of halogens is 2. The van der Waals surface area contributed by atoms with Crippen molar-refractivity contribution >= 4 is 34.7 Å². The van der Waals surface area contributed by atoms with E-state index in [1.54, 1.807) is 41.8 Å². The first-order valence-electron chi connectivity index (χ1n) is 9.73. The minimum Gasteiger partial charge on any atom is -0.305 e. The Morgan fingerprint density at radius 3 is 2.26 bits per heavy atom. The fourth-order valence-electron chi connectivity index (χ4n) is 3.55. The van der Waals surface area contributed by atoms with Crippen LogP contribution in [0.1, 0.15) is 43.2 Å². The van der Waals surface area contributed by atoms with Gasteiger partial charge in [0.25, 0.3) is 17.7 Å². The minimum atomic E-state index is -0.828. The number of nitrogens with zero attached hydrogens (tertiary/aromatic N) is 2. The first-order valence-corrected chi connectivity index (χ1v) is 10.6. The lowest BCUT2D eigenvalue weighted by molar-refractivity contribution is 0.0651. The molecule has 3 aromatic rings. The zero-order chi connectivity index (χ0) is 22.0. The molecule has 8 heteroatoms. The van der Waals surface area contributed by atoms with Crippen LogP contribution in [0.15, 0.2) is 60.0 Å². The molecule has 0 spiro atoms. The van der Waals surface area contributed by atoms with Gasteiger partial charge in [-0.2, -0.15) is 0 Å². The van der Waals surface area contributed by atoms with Gasteiger partial charge in [-0.3, -0.25) is 19.3 Å². The molecule has 0 unspecified atom stereocenters. The van der Waals surface area contributed by atoms with Crippen LogP contribution in [0, 0.1) is 11.6 Å². The molecule has 0 fully saturated rings. The maximum Gasteiger partial charge on any atom is 0.268 e. The van der Waals surface area contributed by atoms with E-state index in [0.717, 1.165) is 12.1 Å². The number of hydrogen-bond donors (Lipinski definition) is 0. The third-order valence-electron chi connectivity index (χ3n) is 5.07. The molecule has 158 valence electrons. The monoisotopic (exact) mass is 440 g/mol. The molecule has 2 aromatic carbocycles. The summed E-state index contributed by atoms with van der Waals surface area (Å²) in [5.41, 5.74) is 0.756. The number of benzene rings is 2. The highest BCUT2D eigenvalue weighted by Gasteiger charge is 2.34. The lowest BCUT2D eigenvalue weighted by Gasteiger charge is -2.23. The largest absolute Gasteiger partial charge is 0.305 e. The van der Waals surface area contributed by atoms with Crippen molar-refractivity contribution in [3.05, 3.63) is 87.6 Å². The van der Waals surface area contributed by atoms with Crippen LogP contribution in [-0.4, -0.2) is 35.7 Å². The molecular weight excluding hydrogens is 422 g/mol. The first-order chi connectivity index (χ1) is 15.0. The Morgan fingerprint density at radius 2 is 1.65 bits per heavy atom. The van der Waals surface area contributed by atoms with Crippen molar-refractivity contribution in [1.82, 2.24) is 4.90 Å². The van der Waals surface area contributed by atoms with E-state index >= 15 is 0 Å². The van der Waals surface area contributed by atoms with E-state index in [1.807, 2.05) is 0 Å². The van der Waals surface area contributed by atoms with E-state index in [4.69, 9.17) is 0 Å². The van der Waals surface area contributed by atoms with Crippen molar-refractivity contribution < 1.29 is 23.2 Å². The molecule has 0 radical (unpaired) electrons. The highest BCUT2D eigenvalue weighted by molar-refractivity contribution is 7.12. The van der Waals surface area contributed by atoms with Gasteiger partial charge < -0.3 is 4.90 Å². The zero-order valence-electron chi connectivity index (χ0n) is 16.4. The number of carbonyl (C=O) groups excluding carboxylic acids is 3. The molecule has 4 rings (SSSR count). The Balaban J connectivity index is 1.44. The maximum atomic E-state index is 14.4. The summed E-state index contributed by atoms with van der Waals surface area (Å²) in [4.78, 5) is 40.7. The molecule has 0 bridgehead atoms. The van der Waals surface area contributed by atoms with Crippen molar-refractivity contribution in [2.75, 3.05) is 18.0 Å². The number of amides is 3. The van der Waals surface area contributed by atoms with E-state index in [1.165, 1.54) is 27.2 Å². The number of rotatable bonds is 7. The highest BCUT2D eigenvalue weighted by atomic mass is 32.1. The van der Waals surface area contributed by atoms with Gasteiger partial charge in [-0.05, 0) is 48.6 Å². The van der Waals surface area contributed by atoms with Gasteiger partial charge >= 0.3 is 0 Å². The van der Waals surface area contributed by atoms with Crippen molar-refractivity contribution in [3.8, 4) is 0 Å². The van der Waals surface area contributed by atoms with E-state index in [0.29, 0.717) is 28.8 Å². The molecule has 3 amide bonds. The topological polar surface area (TPSA) is 57.7 Å². The van der Waals surface area contributed by atoms with Crippen LogP contribution in [0.5, 0.6) is 0 Å². The van der Waals surface area contributed by atoms with Gasteiger partial charge in [-0.1, -0.05) is 18.2 Å². The number of hydrogen-bond acceptors (Lipinski definition) is 4. The van der Waals surface area contributed by atoms with Crippen LogP contribution in [0.3, 0.4) is 0 Å². The smallest absolute Gasteiger partial charge is 0.268 e. The van der Waals surface area contributed by atoms with E-state index in [-0.39, 0.29) is 36.5 Å². The molecule has 1 aromatic heterocycles. The predicted molar refractivity (Wildman–Crippen MR) is 113 cm³/mol. The molecule has 2 heterocycles. The quantitative estimate of drug-likeness (QED) is 0.394. The molecule has 5 nitrogen and oxygen atoms in total. The van der Waals surface area contributed by atoms with Gasteiger partial charge in [0.15, 0.2) is 0 Å². The summed E-state index contributed by atoms with van der Waals surface area (Å²) in [6, 6.07) is 13.1. The second-order valence-electron chi connectivity index (χ2n) is 7.04. The van der Waals surface area contributed by atoms with Gasteiger partial charge in [0, 0.05) is 19.2 Å². The normalized spacial score (nSPS) is 12.9. The van der Waals surface area contributed by atoms with Gasteiger partial charge in [0.2, 0.25) is 0 Å². The Kier molecular flexibility index (Phi) is 5.90. The molecule has 31 heavy (non-hydrogen) atoms.